The largest absolute Gasteiger partial charge is 0.549 e. The average Bonchev–Trinajstić information content (AvgIpc) is 2.18. The second-order valence-electron chi connectivity index (χ2n) is 3.12. The highest BCUT2D eigenvalue weighted by Gasteiger charge is 2.20. The van der Waals surface area contributed by atoms with Crippen molar-refractivity contribution in [2.24, 2.45) is 5.92 Å². The van der Waals surface area contributed by atoms with Gasteiger partial charge < -0.3 is 9.90 Å². The molecule has 0 aromatic heterocycles. The fourth-order valence-electron chi connectivity index (χ4n) is 1.31. The highest BCUT2D eigenvalue weighted by Crippen LogP contribution is 2.20. The van der Waals surface area contributed by atoms with Crippen LogP contribution in [-0.2, 0) is 4.79 Å². The van der Waals surface area contributed by atoms with Gasteiger partial charge in [0.1, 0.15) is 0 Å². The van der Waals surface area contributed by atoms with Gasteiger partial charge in [-0.15, -0.1) is 0 Å². The van der Waals surface area contributed by atoms with Gasteiger partial charge in [-0.05, 0) is 18.6 Å². The topological polar surface area (TPSA) is 57.2 Å². The maximum absolute atomic E-state index is 11.7. The Morgan fingerprint density at radius 1 is 1.40 bits per heavy atom. The molecule has 0 saturated heterocycles. The summed E-state index contributed by atoms with van der Waals surface area (Å²) >= 11 is 5.79. The van der Waals surface area contributed by atoms with Crippen molar-refractivity contribution >= 4 is 23.4 Å². The standard InChI is InChI=1S/C11H11ClO3/c1-2-7(11(14)15)10(13)8-5-3-4-6-9(8)12/h3-7H,2H2,1H3,(H,14,15)/p-1. The third-order valence-electron chi connectivity index (χ3n) is 2.15. The smallest absolute Gasteiger partial charge is 0.173 e. The van der Waals surface area contributed by atoms with E-state index in [0.29, 0.717) is 0 Å². The molecule has 4 heteroatoms. The average molecular weight is 226 g/mol. The predicted octanol–water partition coefficient (Wildman–Crippen LogP) is 1.30. The van der Waals surface area contributed by atoms with E-state index < -0.39 is 17.7 Å². The number of carbonyl (C=O) groups excluding carboxylic acids is 2. The molecule has 0 saturated carbocycles. The van der Waals surface area contributed by atoms with E-state index in [1.807, 2.05) is 0 Å². The molecule has 15 heavy (non-hydrogen) atoms. The molecule has 0 radical (unpaired) electrons. The first kappa shape index (κ1) is 11.7. The number of rotatable bonds is 4. The van der Waals surface area contributed by atoms with E-state index in [2.05, 4.69) is 0 Å². The van der Waals surface area contributed by atoms with Crippen LogP contribution in [0.4, 0.5) is 0 Å². The summed E-state index contributed by atoms with van der Waals surface area (Å²) in [6, 6.07) is 6.38. The Hall–Kier alpha value is -1.35. The van der Waals surface area contributed by atoms with E-state index in [9.17, 15) is 14.7 Å². The first-order chi connectivity index (χ1) is 7.07. The SMILES string of the molecule is CCC(C(=O)[O-])C(=O)c1ccccc1Cl. The lowest BCUT2D eigenvalue weighted by Gasteiger charge is -2.15. The van der Waals surface area contributed by atoms with Gasteiger partial charge in [0.15, 0.2) is 5.78 Å². The van der Waals surface area contributed by atoms with E-state index in [1.165, 1.54) is 6.07 Å². The van der Waals surface area contributed by atoms with Gasteiger partial charge in [0.25, 0.3) is 0 Å². The first-order valence-corrected chi connectivity index (χ1v) is 4.95. The minimum atomic E-state index is -1.36. The van der Waals surface area contributed by atoms with Gasteiger partial charge in [-0.25, -0.2) is 0 Å². The number of hydrogen-bond donors (Lipinski definition) is 0. The summed E-state index contributed by atoms with van der Waals surface area (Å²) in [5.74, 6) is -2.98. The summed E-state index contributed by atoms with van der Waals surface area (Å²) in [6.07, 6.45) is 0.201. The Bertz CT molecular complexity index is 387. The second-order valence-corrected chi connectivity index (χ2v) is 3.53. The fourth-order valence-corrected chi connectivity index (χ4v) is 1.54. The van der Waals surface area contributed by atoms with Crippen LogP contribution in [0.1, 0.15) is 23.7 Å². The first-order valence-electron chi connectivity index (χ1n) is 4.57. The van der Waals surface area contributed by atoms with E-state index in [0.717, 1.165) is 0 Å². The van der Waals surface area contributed by atoms with Gasteiger partial charge in [-0.1, -0.05) is 30.7 Å². The molecule has 1 aromatic rings. The van der Waals surface area contributed by atoms with Crippen molar-refractivity contribution in [3.8, 4) is 0 Å². The third kappa shape index (κ3) is 2.57. The number of benzene rings is 1. The third-order valence-corrected chi connectivity index (χ3v) is 2.48. The van der Waals surface area contributed by atoms with E-state index in [-0.39, 0.29) is 17.0 Å². The molecule has 80 valence electrons. The van der Waals surface area contributed by atoms with Crippen LogP contribution >= 0.6 is 11.6 Å². The van der Waals surface area contributed by atoms with Gasteiger partial charge in [-0.2, -0.15) is 0 Å². The Morgan fingerprint density at radius 3 is 2.47 bits per heavy atom. The lowest BCUT2D eigenvalue weighted by molar-refractivity contribution is -0.309. The maximum Gasteiger partial charge on any atom is 0.173 e. The molecule has 0 heterocycles. The van der Waals surface area contributed by atoms with Crippen molar-refractivity contribution in [3.63, 3.8) is 0 Å². The van der Waals surface area contributed by atoms with Crippen molar-refractivity contribution in [1.29, 1.82) is 0 Å². The Kier molecular flexibility index (Phi) is 3.86. The van der Waals surface area contributed by atoms with Crippen LogP contribution in [0.3, 0.4) is 0 Å². The number of hydrogen-bond acceptors (Lipinski definition) is 3. The second kappa shape index (κ2) is 4.94. The number of carboxylic acids is 1. The van der Waals surface area contributed by atoms with Gasteiger partial charge >= 0.3 is 0 Å². The summed E-state index contributed by atoms with van der Waals surface area (Å²) in [5, 5.41) is 10.9. The zero-order valence-corrected chi connectivity index (χ0v) is 8.95. The molecule has 1 aromatic carbocycles. The number of aliphatic carboxylic acids is 1. The maximum atomic E-state index is 11.7. The summed E-state index contributed by atoms with van der Waals surface area (Å²) in [4.78, 5) is 22.4. The number of carboxylic acid groups (broad SMARTS) is 1. The molecule has 0 aliphatic carbocycles. The minimum absolute atomic E-state index is 0.201. The normalized spacial score (nSPS) is 12.1. The van der Waals surface area contributed by atoms with Crippen molar-refractivity contribution < 1.29 is 14.7 Å². The summed E-state index contributed by atoms with van der Waals surface area (Å²) < 4.78 is 0. The van der Waals surface area contributed by atoms with Crippen LogP contribution in [0.5, 0.6) is 0 Å². The zero-order valence-electron chi connectivity index (χ0n) is 8.20. The molecule has 0 N–H and O–H groups in total. The molecule has 0 bridgehead atoms. The van der Waals surface area contributed by atoms with Crippen LogP contribution in [0.15, 0.2) is 24.3 Å². The monoisotopic (exact) mass is 225 g/mol. The van der Waals surface area contributed by atoms with Crippen LogP contribution in [0.2, 0.25) is 5.02 Å². The highest BCUT2D eigenvalue weighted by molar-refractivity contribution is 6.34. The Balaban J connectivity index is 3.03. The van der Waals surface area contributed by atoms with Crippen molar-refractivity contribution in [1.82, 2.24) is 0 Å². The van der Waals surface area contributed by atoms with Gasteiger partial charge in [-0.3, -0.25) is 4.79 Å². The number of carbonyl (C=O) groups is 2. The minimum Gasteiger partial charge on any atom is -0.549 e. The van der Waals surface area contributed by atoms with Crippen LogP contribution in [-0.4, -0.2) is 11.8 Å². The lowest BCUT2D eigenvalue weighted by Crippen LogP contribution is -2.36. The number of ketones is 1. The number of Topliss-reactive ketones (excluding diaryl/α,β-unsaturated/α-hetero) is 1. The van der Waals surface area contributed by atoms with Crippen LogP contribution < -0.4 is 5.11 Å². The predicted molar refractivity (Wildman–Crippen MR) is 54.6 cm³/mol. The van der Waals surface area contributed by atoms with Gasteiger partial charge in [0, 0.05) is 5.56 Å². The Morgan fingerprint density at radius 2 is 2.00 bits per heavy atom. The van der Waals surface area contributed by atoms with Crippen LogP contribution in [0, 0.1) is 5.92 Å². The molecule has 0 aliphatic heterocycles. The fraction of sp³-hybridized carbons (Fsp3) is 0.273. The van der Waals surface area contributed by atoms with Crippen molar-refractivity contribution in [2.45, 2.75) is 13.3 Å². The quantitative estimate of drug-likeness (QED) is 0.573. The molecule has 0 aliphatic rings. The Labute approximate surface area is 92.7 Å². The van der Waals surface area contributed by atoms with Gasteiger partial charge in [0.2, 0.25) is 0 Å². The van der Waals surface area contributed by atoms with Gasteiger partial charge in [0.05, 0.1) is 16.9 Å². The summed E-state index contributed by atoms with van der Waals surface area (Å²) in [6.45, 7) is 1.62. The van der Waals surface area contributed by atoms with E-state index in [1.54, 1.807) is 25.1 Å². The molecule has 0 fully saturated rings. The lowest BCUT2D eigenvalue weighted by atomic mass is 9.95. The molecule has 3 nitrogen and oxygen atoms in total. The van der Waals surface area contributed by atoms with E-state index >= 15 is 0 Å². The van der Waals surface area contributed by atoms with Crippen molar-refractivity contribution in [2.75, 3.05) is 0 Å². The van der Waals surface area contributed by atoms with Crippen LogP contribution in [0.25, 0.3) is 0 Å². The molecule has 1 unspecified atom stereocenters. The molecule has 1 atom stereocenters. The zero-order chi connectivity index (χ0) is 11.4. The number of halogens is 1. The molecule has 1 rings (SSSR count). The highest BCUT2D eigenvalue weighted by atomic mass is 35.5. The molecule has 0 spiro atoms. The van der Waals surface area contributed by atoms with Crippen molar-refractivity contribution in [3.05, 3.63) is 34.9 Å². The summed E-state index contributed by atoms with van der Waals surface area (Å²) in [7, 11) is 0. The molecular weight excluding hydrogens is 216 g/mol. The molecular formula is C11H10ClO3-. The molecule has 0 amide bonds. The van der Waals surface area contributed by atoms with E-state index in [4.69, 9.17) is 11.6 Å². The summed E-state index contributed by atoms with van der Waals surface area (Å²) in [5.41, 5.74) is 0.232.